The minimum atomic E-state index is 0.00395. The number of hydrogen-bond acceptors (Lipinski definition) is 4. The van der Waals surface area contributed by atoms with Crippen LogP contribution in [-0.4, -0.2) is 39.2 Å². The molecule has 2 aliphatic rings. The second-order valence-electron chi connectivity index (χ2n) is 7.18. The molecule has 4 rings (SSSR count). The van der Waals surface area contributed by atoms with E-state index < -0.39 is 0 Å². The zero-order chi connectivity index (χ0) is 17.1. The third-order valence-electron chi connectivity index (χ3n) is 5.48. The van der Waals surface area contributed by atoms with Crippen LogP contribution in [0.15, 0.2) is 30.6 Å². The highest BCUT2D eigenvalue weighted by molar-refractivity contribution is 5.94. The van der Waals surface area contributed by atoms with Gasteiger partial charge in [-0.1, -0.05) is 31.4 Å². The van der Waals surface area contributed by atoms with Crippen LogP contribution in [0.4, 0.5) is 0 Å². The second-order valence-corrected chi connectivity index (χ2v) is 7.18. The van der Waals surface area contributed by atoms with E-state index in [1.807, 2.05) is 24.3 Å². The maximum atomic E-state index is 12.5. The molecule has 0 radical (unpaired) electrons. The number of H-pyrrole nitrogens is 1. The van der Waals surface area contributed by atoms with Crippen LogP contribution >= 0.6 is 0 Å². The zero-order valence-corrected chi connectivity index (χ0v) is 14.4. The van der Waals surface area contributed by atoms with Crippen LogP contribution in [0.2, 0.25) is 0 Å². The average molecular weight is 339 g/mol. The van der Waals surface area contributed by atoms with Gasteiger partial charge in [0, 0.05) is 29.3 Å². The Morgan fingerprint density at radius 2 is 1.76 bits per heavy atom. The number of nitrogens with zero attached hydrogens (tertiary/aromatic N) is 2. The van der Waals surface area contributed by atoms with Gasteiger partial charge in [-0.05, 0) is 37.8 Å². The molecule has 6 heteroatoms. The molecule has 0 spiro atoms. The molecule has 1 aromatic carbocycles. The SMILES string of the molecule is O=C(N[C@@H]1CC[C@@H]1NC1CCCCC1)c1ccc(-c2ncn[nH]2)cc1. The first kappa shape index (κ1) is 16.3. The van der Waals surface area contributed by atoms with Gasteiger partial charge in [-0.3, -0.25) is 9.89 Å². The van der Waals surface area contributed by atoms with Crippen molar-refractivity contribution in [2.45, 2.75) is 63.1 Å². The first-order valence-electron chi connectivity index (χ1n) is 9.32. The molecule has 1 heterocycles. The van der Waals surface area contributed by atoms with Crippen LogP contribution < -0.4 is 10.6 Å². The molecule has 2 aliphatic carbocycles. The van der Waals surface area contributed by atoms with Crippen LogP contribution in [0.25, 0.3) is 11.4 Å². The zero-order valence-electron chi connectivity index (χ0n) is 14.4. The number of rotatable bonds is 5. The van der Waals surface area contributed by atoms with Crippen molar-refractivity contribution in [2.75, 3.05) is 0 Å². The summed E-state index contributed by atoms with van der Waals surface area (Å²) in [7, 11) is 0. The lowest BCUT2D eigenvalue weighted by Crippen LogP contribution is -2.59. The molecular formula is C19H25N5O. The van der Waals surface area contributed by atoms with Crippen LogP contribution in [0.3, 0.4) is 0 Å². The topological polar surface area (TPSA) is 82.7 Å². The molecule has 2 aromatic rings. The summed E-state index contributed by atoms with van der Waals surface area (Å²) in [6.45, 7) is 0. The summed E-state index contributed by atoms with van der Waals surface area (Å²) in [6, 6.07) is 8.80. The van der Waals surface area contributed by atoms with E-state index in [1.165, 1.54) is 38.4 Å². The van der Waals surface area contributed by atoms with Crippen molar-refractivity contribution in [1.29, 1.82) is 0 Å². The van der Waals surface area contributed by atoms with E-state index in [0.29, 0.717) is 23.5 Å². The van der Waals surface area contributed by atoms with Crippen LogP contribution in [0, 0.1) is 0 Å². The molecule has 1 aromatic heterocycles. The number of hydrogen-bond donors (Lipinski definition) is 3. The van der Waals surface area contributed by atoms with E-state index in [-0.39, 0.29) is 11.9 Å². The van der Waals surface area contributed by atoms with Crippen molar-refractivity contribution in [2.24, 2.45) is 0 Å². The smallest absolute Gasteiger partial charge is 0.251 e. The largest absolute Gasteiger partial charge is 0.348 e. The quantitative estimate of drug-likeness (QED) is 0.782. The molecule has 2 saturated carbocycles. The van der Waals surface area contributed by atoms with Gasteiger partial charge >= 0.3 is 0 Å². The summed E-state index contributed by atoms with van der Waals surface area (Å²) >= 11 is 0. The van der Waals surface area contributed by atoms with Crippen molar-refractivity contribution in [3.05, 3.63) is 36.2 Å². The minimum Gasteiger partial charge on any atom is -0.348 e. The van der Waals surface area contributed by atoms with Gasteiger partial charge in [0.15, 0.2) is 5.82 Å². The second kappa shape index (κ2) is 7.35. The molecule has 0 saturated heterocycles. The third kappa shape index (κ3) is 3.74. The van der Waals surface area contributed by atoms with Gasteiger partial charge in [-0.25, -0.2) is 4.98 Å². The fourth-order valence-electron chi connectivity index (χ4n) is 3.82. The summed E-state index contributed by atoms with van der Waals surface area (Å²) < 4.78 is 0. The van der Waals surface area contributed by atoms with E-state index in [1.54, 1.807) is 0 Å². The lowest BCUT2D eigenvalue weighted by atomic mass is 9.84. The minimum absolute atomic E-state index is 0.00395. The molecule has 0 aliphatic heterocycles. The van der Waals surface area contributed by atoms with E-state index in [2.05, 4.69) is 25.8 Å². The molecule has 3 N–H and O–H groups in total. The van der Waals surface area contributed by atoms with Gasteiger partial charge in [-0.2, -0.15) is 5.10 Å². The maximum Gasteiger partial charge on any atom is 0.251 e. The molecule has 132 valence electrons. The highest BCUT2D eigenvalue weighted by Crippen LogP contribution is 2.25. The normalized spacial score (nSPS) is 23.8. The first-order chi connectivity index (χ1) is 12.3. The van der Waals surface area contributed by atoms with Crippen LogP contribution in [-0.2, 0) is 0 Å². The van der Waals surface area contributed by atoms with Crippen LogP contribution in [0.5, 0.6) is 0 Å². The predicted octanol–water partition coefficient (Wildman–Crippen LogP) is 2.65. The van der Waals surface area contributed by atoms with Gasteiger partial charge in [0.1, 0.15) is 6.33 Å². The van der Waals surface area contributed by atoms with Gasteiger partial charge < -0.3 is 10.6 Å². The lowest BCUT2D eigenvalue weighted by molar-refractivity contribution is 0.0885. The average Bonchev–Trinajstić information content (AvgIpc) is 3.19. The van der Waals surface area contributed by atoms with Gasteiger partial charge in [0.2, 0.25) is 0 Å². The fourth-order valence-corrected chi connectivity index (χ4v) is 3.82. The molecule has 1 amide bonds. The van der Waals surface area contributed by atoms with Crippen molar-refractivity contribution >= 4 is 5.91 Å². The Balaban J connectivity index is 1.32. The summed E-state index contributed by atoms with van der Waals surface area (Å²) in [4.78, 5) is 16.6. The molecule has 2 fully saturated rings. The molecular weight excluding hydrogens is 314 g/mol. The lowest BCUT2D eigenvalue weighted by Gasteiger charge is -2.41. The Kier molecular flexibility index (Phi) is 4.78. The van der Waals surface area contributed by atoms with Gasteiger partial charge in [-0.15, -0.1) is 0 Å². The monoisotopic (exact) mass is 339 g/mol. The molecule has 0 bridgehead atoms. The summed E-state index contributed by atoms with van der Waals surface area (Å²) in [5, 5.41) is 13.6. The van der Waals surface area contributed by atoms with E-state index >= 15 is 0 Å². The van der Waals surface area contributed by atoms with E-state index in [4.69, 9.17) is 0 Å². The number of aromatic amines is 1. The van der Waals surface area contributed by atoms with Gasteiger partial charge in [0.25, 0.3) is 5.91 Å². The first-order valence-corrected chi connectivity index (χ1v) is 9.32. The van der Waals surface area contributed by atoms with E-state index in [0.717, 1.165) is 18.4 Å². The molecule has 6 nitrogen and oxygen atoms in total. The number of carbonyl (C=O) groups is 1. The van der Waals surface area contributed by atoms with Crippen molar-refractivity contribution < 1.29 is 4.79 Å². The summed E-state index contributed by atoms with van der Waals surface area (Å²) in [5.74, 6) is 0.715. The maximum absolute atomic E-state index is 12.5. The Bertz CT molecular complexity index is 691. The Morgan fingerprint density at radius 3 is 2.40 bits per heavy atom. The Morgan fingerprint density at radius 1 is 1.00 bits per heavy atom. The molecule has 2 atom stereocenters. The standard InChI is InChI=1S/C19H25N5O/c25-19(14-8-6-13(7-9-14)18-20-12-21-24-18)23-17-11-10-16(17)22-15-4-2-1-3-5-15/h6-9,12,15-17,22H,1-5,10-11H2,(H,23,25)(H,20,21,24)/t16-,17+/m0/s1. The van der Waals surface area contributed by atoms with Gasteiger partial charge in [0.05, 0.1) is 0 Å². The van der Waals surface area contributed by atoms with Crippen molar-refractivity contribution in [1.82, 2.24) is 25.8 Å². The van der Waals surface area contributed by atoms with Crippen molar-refractivity contribution in [3.63, 3.8) is 0 Å². The summed E-state index contributed by atoms with van der Waals surface area (Å²) in [6.07, 6.45) is 10.3. The number of amides is 1. The number of carbonyl (C=O) groups excluding carboxylic acids is 1. The summed E-state index contributed by atoms with van der Waals surface area (Å²) in [5.41, 5.74) is 1.61. The highest BCUT2D eigenvalue weighted by Gasteiger charge is 2.33. The fraction of sp³-hybridized carbons (Fsp3) is 0.526. The third-order valence-corrected chi connectivity index (χ3v) is 5.48. The number of benzene rings is 1. The molecule has 0 unspecified atom stereocenters. The Hall–Kier alpha value is -2.21. The van der Waals surface area contributed by atoms with Crippen LogP contribution in [0.1, 0.15) is 55.3 Å². The predicted molar refractivity (Wildman–Crippen MR) is 96.1 cm³/mol. The number of nitrogens with one attached hydrogen (secondary N) is 3. The number of aromatic nitrogens is 3. The Labute approximate surface area is 147 Å². The molecule has 25 heavy (non-hydrogen) atoms. The van der Waals surface area contributed by atoms with E-state index in [9.17, 15) is 4.79 Å². The van der Waals surface area contributed by atoms with Crippen molar-refractivity contribution in [3.8, 4) is 11.4 Å². The highest BCUT2D eigenvalue weighted by atomic mass is 16.1.